The smallest absolute Gasteiger partial charge is 0.251 e. The molecule has 1 unspecified atom stereocenters. The van der Waals surface area contributed by atoms with Crippen LogP contribution in [-0.2, 0) is 0 Å². The van der Waals surface area contributed by atoms with Crippen molar-refractivity contribution in [1.29, 1.82) is 0 Å². The van der Waals surface area contributed by atoms with Gasteiger partial charge in [-0.1, -0.05) is 0 Å². The maximum Gasteiger partial charge on any atom is 0.251 e. The summed E-state index contributed by atoms with van der Waals surface area (Å²) in [6.45, 7) is 3.92. The van der Waals surface area contributed by atoms with E-state index in [1.54, 1.807) is 19.2 Å². The van der Waals surface area contributed by atoms with Crippen molar-refractivity contribution in [3.8, 4) is 0 Å². The largest absolute Gasteiger partial charge is 0.392 e. The highest BCUT2D eigenvalue weighted by atomic mass is 16.3. The number of carbonyl (C=O) groups excluding carboxylic acids is 1. The van der Waals surface area contributed by atoms with Crippen LogP contribution in [0.25, 0.3) is 0 Å². The number of hydrogen-bond acceptors (Lipinski definition) is 4. The molecule has 1 fully saturated rings. The maximum atomic E-state index is 11.9. The van der Waals surface area contributed by atoms with Crippen LogP contribution in [0.15, 0.2) is 18.3 Å². The number of amides is 1. The van der Waals surface area contributed by atoms with Gasteiger partial charge in [0.15, 0.2) is 0 Å². The van der Waals surface area contributed by atoms with Gasteiger partial charge in [-0.15, -0.1) is 0 Å². The molecule has 0 saturated carbocycles. The molecule has 1 aliphatic rings. The summed E-state index contributed by atoms with van der Waals surface area (Å²) < 4.78 is 0. The minimum absolute atomic E-state index is 0.165. The van der Waals surface area contributed by atoms with Crippen molar-refractivity contribution in [3.05, 3.63) is 23.9 Å². The SMILES string of the molecule is CC(O)CNC(=O)c1ccnc(N2CCCCC2)c1. The topological polar surface area (TPSA) is 65.5 Å². The van der Waals surface area contributed by atoms with Crippen molar-refractivity contribution in [1.82, 2.24) is 10.3 Å². The summed E-state index contributed by atoms with van der Waals surface area (Å²) in [5, 5.41) is 11.9. The second-order valence-electron chi connectivity index (χ2n) is 5.01. The number of nitrogens with zero attached hydrogens (tertiary/aromatic N) is 2. The van der Waals surface area contributed by atoms with Gasteiger partial charge in [-0.3, -0.25) is 4.79 Å². The molecule has 1 saturated heterocycles. The van der Waals surface area contributed by atoms with E-state index in [-0.39, 0.29) is 12.5 Å². The van der Waals surface area contributed by atoms with Crippen LogP contribution < -0.4 is 10.2 Å². The van der Waals surface area contributed by atoms with Gasteiger partial charge in [0.1, 0.15) is 5.82 Å². The Morgan fingerprint density at radius 1 is 1.47 bits per heavy atom. The number of nitrogens with one attached hydrogen (secondary N) is 1. The Labute approximate surface area is 113 Å². The summed E-state index contributed by atoms with van der Waals surface area (Å²) >= 11 is 0. The van der Waals surface area contributed by atoms with Gasteiger partial charge >= 0.3 is 0 Å². The van der Waals surface area contributed by atoms with Gasteiger partial charge in [0.05, 0.1) is 6.10 Å². The third-order valence-corrected chi connectivity index (χ3v) is 3.25. The zero-order valence-electron chi connectivity index (χ0n) is 11.3. The quantitative estimate of drug-likeness (QED) is 0.856. The number of aliphatic hydroxyl groups excluding tert-OH is 1. The maximum absolute atomic E-state index is 11.9. The number of piperidine rings is 1. The van der Waals surface area contributed by atoms with Gasteiger partial charge in [0.2, 0.25) is 0 Å². The molecule has 19 heavy (non-hydrogen) atoms. The molecule has 0 aliphatic carbocycles. The molecule has 5 nitrogen and oxygen atoms in total. The second kappa shape index (κ2) is 6.52. The van der Waals surface area contributed by atoms with E-state index in [9.17, 15) is 9.90 Å². The predicted octanol–water partition coefficient (Wildman–Crippen LogP) is 1.18. The molecule has 0 spiro atoms. The van der Waals surface area contributed by atoms with Crippen molar-refractivity contribution < 1.29 is 9.90 Å². The minimum atomic E-state index is -0.535. The fourth-order valence-corrected chi connectivity index (χ4v) is 2.20. The van der Waals surface area contributed by atoms with Crippen molar-refractivity contribution in [3.63, 3.8) is 0 Å². The van der Waals surface area contributed by atoms with Crippen LogP contribution in [-0.4, -0.2) is 41.7 Å². The lowest BCUT2D eigenvalue weighted by molar-refractivity contribution is 0.0924. The third-order valence-electron chi connectivity index (χ3n) is 3.25. The first-order valence-electron chi connectivity index (χ1n) is 6.84. The minimum Gasteiger partial charge on any atom is -0.392 e. The first-order chi connectivity index (χ1) is 9.16. The van der Waals surface area contributed by atoms with E-state index in [1.807, 2.05) is 6.07 Å². The molecular formula is C14H21N3O2. The number of pyridine rings is 1. The zero-order chi connectivity index (χ0) is 13.7. The molecule has 2 rings (SSSR count). The van der Waals surface area contributed by atoms with Crippen LogP contribution >= 0.6 is 0 Å². The molecule has 1 atom stereocenters. The van der Waals surface area contributed by atoms with Gasteiger partial charge in [-0.2, -0.15) is 0 Å². The van der Waals surface area contributed by atoms with Gasteiger partial charge in [-0.25, -0.2) is 4.98 Å². The zero-order valence-corrected chi connectivity index (χ0v) is 11.3. The molecule has 0 bridgehead atoms. The highest BCUT2D eigenvalue weighted by Crippen LogP contribution is 2.18. The predicted molar refractivity (Wildman–Crippen MR) is 74.3 cm³/mol. The Balaban J connectivity index is 2.03. The number of aromatic nitrogens is 1. The molecule has 0 aromatic carbocycles. The highest BCUT2D eigenvalue weighted by Gasteiger charge is 2.14. The van der Waals surface area contributed by atoms with Crippen molar-refractivity contribution >= 4 is 11.7 Å². The van der Waals surface area contributed by atoms with Crippen LogP contribution in [0.3, 0.4) is 0 Å². The lowest BCUT2D eigenvalue weighted by atomic mass is 10.1. The Morgan fingerprint density at radius 2 is 2.21 bits per heavy atom. The summed E-state index contributed by atoms with van der Waals surface area (Å²) in [7, 11) is 0. The lowest BCUT2D eigenvalue weighted by Crippen LogP contribution is -2.32. The first-order valence-corrected chi connectivity index (χ1v) is 6.84. The third kappa shape index (κ3) is 3.92. The molecule has 1 aliphatic heterocycles. The second-order valence-corrected chi connectivity index (χ2v) is 5.01. The van der Waals surface area contributed by atoms with E-state index in [1.165, 1.54) is 19.3 Å². The average molecular weight is 263 g/mol. The van der Waals surface area contributed by atoms with Crippen molar-refractivity contribution in [2.24, 2.45) is 0 Å². The van der Waals surface area contributed by atoms with Gasteiger partial charge in [0, 0.05) is 31.4 Å². The van der Waals surface area contributed by atoms with Crippen LogP contribution in [0.2, 0.25) is 0 Å². The molecule has 2 N–H and O–H groups in total. The summed E-state index contributed by atoms with van der Waals surface area (Å²) in [4.78, 5) is 18.5. The van der Waals surface area contributed by atoms with Crippen molar-refractivity contribution in [2.45, 2.75) is 32.3 Å². The molecule has 0 radical (unpaired) electrons. The van der Waals surface area contributed by atoms with Crippen LogP contribution in [0, 0.1) is 0 Å². The summed E-state index contributed by atoms with van der Waals surface area (Å²) in [5.41, 5.74) is 0.594. The number of rotatable bonds is 4. The summed E-state index contributed by atoms with van der Waals surface area (Å²) in [6, 6.07) is 3.52. The monoisotopic (exact) mass is 263 g/mol. The molecule has 104 valence electrons. The van der Waals surface area contributed by atoms with E-state index in [0.717, 1.165) is 18.9 Å². The fourth-order valence-electron chi connectivity index (χ4n) is 2.20. The van der Waals surface area contributed by atoms with Crippen LogP contribution in [0.1, 0.15) is 36.5 Å². The highest BCUT2D eigenvalue weighted by molar-refractivity contribution is 5.94. The Hall–Kier alpha value is -1.62. The number of carbonyl (C=O) groups is 1. The van der Waals surface area contributed by atoms with Gasteiger partial charge in [-0.05, 0) is 38.3 Å². The van der Waals surface area contributed by atoms with E-state index < -0.39 is 6.10 Å². The number of hydrogen-bond donors (Lipinski definition) is 2. The van der Waals surface area contributed by atoms with Crippen LogP contribution in [0.4, 0.5) is 5.82 Å². The Morgan fingerprint density at radius 3 is 2.89 bits per heavy atom. The number of aliphatic hydroxyl groups is 1. The summed E-state index contributed by atoms with van der Waals surface area (Å²) in [5.74, 6) is 0.700. The summed E-state index contributed by atoms with van der Waals surface area (Å²) in [6.07, 6.45) is 4.76. The Kier molecular flexibility index (Phi) is 4.74. The molecule has 1 aromatic rings. The molecular weight excluding hydrogens is 242 g/mol. The van der Waals surface area contributed by atoms with Crippen LogP contribution in [0.5, 0.6) is 0 Å². The van der Waals surface area contributed by atoms with Gasteiger partial charge in [0.25, 0.3) is 5.91 Å². The fraction of sp³-hybridized carbons (Fsp3) is 0.571. The van der Waals surface area contributed by atoms with Crippen molar-refractivity contribution in [2.75, 3.05) is 24.5 Å². The normalized spacial score (nSPS) is 17.1. The van der Waals surface area contributed by atoms with E-state index in [4.69, 9.17) is 0 Å². The molecule has 1 aromatic heterocycles. The standard InChI is InChI=1S/C14H21N3O2/c1-11(18)10-16-14(19)12-5-6-15-13(9-12)17-7-3-2-4-8-17/h5-6,9,11,18H,2-4,7-8,10H2,1H3,(H,16,19). The van der Waals surface area contributed by atoms with Gasteiger partial charge < -0.3 is 15.3 Å². The molecule has 1 amide bonds. The lowest BCUT2D eigenvalue weighted by Gasteiger charge is -2.27. The molecule has 5 heteroatoms. The van der Waals surface area contributed by atoms with E-state index in [2.05, 4.69) is 15.2 Å². The average Bonchev–Trinajstić information content (AvgIpc) is 2.46. The number of anilines is 1. The van der Waals surface area contributed by atoms with E-state index >= 15 is 0 Å². The molecule has 2 heterocycles. The Bertz CT molecular complexity index is 428. The first kappa shape index (κ1) is 13.8. The van der Waals surface area contributed by atoms with E-state index in [0.29, 0.717) is 5.56 Å².